The first-order chi connectivity index (χ1) is 10.7. The van der Waals surface area contributed by atoms with Gasteiger partial charge >= 0.3 is 6.03 Å². The van der Waals surface area contributed by atoms with Crippen LogP contribution >= 0.6 is 11.6 Å². The van der Waals surface area contributed by atoms with Crippen molar-refractivity contribution in [2.45, 2.75) is 24.8 Å². The van der Waals surface area contributed by atoms with Crippen molar-refractivity contribution in [1.82, 2.24) is 19.9 Å². The molecule has 0 atom stereocenters. The van der Waals surface area contributed by atoms with E-state index in [9.17, 15) is 4.79 Å². The second kappa shape index (κ2) is 5.28. The van der Waals surface area contributed by atoms with Gasteiger partial charge in [-0.2, -0.15) is 0 Å². The van der Waals surface area contributed by atoms with Gasteiger partial charge in [0.15, 0.2) is 0 Å². The highest BCUT2D eigenvalue weighted by Crippen LogP contribution is 2.39. The Morgan fingerprint density at radius 2 is 2.05 bits per heavy atom. The van der Waals surface area contributed by atoms with Crippen LogP contribution in [0.1, 0.15) is 30.5 Å². The zero-order valence-electron chi connectivity index (χ0n) is 11.9. The summed E-state index contributed by atoms with van der Waals surface area (Å²) in [6, 6.07) is 7.31. The summed E-state index contributed by atoms with van der Waals surface area (Å²) in [5, 5.41) is 11.8. The fourth-order valence-electron chi connectivity index (χ4n) is 2.58. The smallest absolute Gasteiger partial charge is 0.320 e. The molecule has 0 spiro atoms. The largest absolute Gasteiger partial charge is 0.322 e. The van der Waals surface area contributed by atoms with Crippen molar-refractivity contribution in [3.8, 4) is 0 Å². The topological polar surface area (TPSA) is 63.1 Å². The van der Waals surface area contributed by atoms with Crippen LogP contribution < -0.4 is 5.32 Å². The van der Waals surface area contributed by atoms with Gasteiger partial charge in [0.25, 0.3) is 0 Å². The van der Waals surface area contributed by atoms with Gasteiger partial charge in [0.1, 0.15) is 0 Å². The number of rotatable bonds is 3. The highest BCUT2D eigenvalue weighted by molar-refractivity contribution is 6.33. The molecule has 2 amide bonds. The summed E-state index contributed by atoms with van der Waals surface area (Å²) in [5.41, 5.74) is 1.72. The Morgan fingerprint density at radius 1 is 1.27 bits per heavy atom. The molecule has 7 heteroatoms. The highest BCUT2D eigenvalue weighted by atomic mass is 35.5. The Labute approximate surface area is 133 Å². The molecule has 22 heavy (non-hydrogen) atoms. The van der Waals surface area contributed by atoms with Crippen molar-refractivity contribution in [2.75, 3.05) is 18.4 Å². The van der Waals surface area contributed by atoms with Gasteiger partial charge < -0.3 is 10.2 Å². The molecule has 1 saturated heterocycles. The summed E-state index contributed by atoms with van der Waals surface area (Å²) in [5.74, 6) is 0.605. The number of urea groups is 1. The van der Waals surface area contributed by atoms with Gasteiger partial charge in [0.05, 0.1) is 22.4 Å². The van der Waals surface area contributed by atoms with Gasteiger partial charge in [0, 0.05) is 25.2 Å². The summed E-state index contributed by atoms with van der Waals surface area (Å²) in [6.07, 6.45) is 4.46. The van der Waals surface area contributed by atoms with E-state index in [1.165, 1.54) is 12.8 Å². The number of halogens is 1. The minimum atomic E-state index is -0.133. The number of carbonyl (C=O) groups is 1. The van der Waals surface area contributed by atoms with Crippen molar-refractivity contribution in [2.24, 2.45) is 0 Å². The van der Waals surface area contributed by atoms with Crippen molar-refractivity contribution < 1.29 is 4.79 Å². The van der Waals surface area contributed by atoms with Crippen LogP contribution in [0.25, 0.3) is 0 Å². The lowest BCUT2D eigenvalue weighted by molar-refractivity contribution is 0.127. The number of anilines is 1. The van der Waals surface area contributed by atoms with Gasteiger partial charge in [-0.25, -0.2) is 9.48 Å². The maximum absolute atomic E-state index is 12.2. The second-order valence-corrected chi connectivity index (χ2v) is 6.27. The van der Waals surface area contributed by atoms with Gasteiger partial charge in [-0.1, -0.05) is 28.9 Å². The van der Waals surface area contributed by atoms with Gasteiger partial charge in [-0.15, -0.1) is 5.10 Å². The summed E-state index contributed by atoms with van der Waals surface area (Å²) in [7, 11) is 0. The summed E-state index contributed by atoms with van der Waals surface area (Å²) in [6.45, 7) is 1.29. The van der Waals surface area contributed by atoms with E-state index in [2.05, 4.69) is 15.6 Å². The molecule has 114 valence electrons. The minimum Gasteiger partial charge on any atom is -0.320 e. The molecule has 0 bridgehead atoms. The lowest BCUT2D eigenvalue weighted by Gasteiger charge is -2.38. The third kappa shape index (κ3) is 2.54. The molecule has 2 aliphatic rings. The molecule has 2 aromatic rings. The number of nitrogens with one attached hydrogen (secondary N) is 1. The predicted molar refractivity (Wildman–Crippen MR) is 83.1 cm³/mol. The maximum atomic E-state index is 12.2. The lowest BCUT2D eigenvalue weighted by atomic mass is 10.1. The fraction of sp³-hybridized carbons (Fsp3) is 0.400. The summed E-state index contributed by atoms with van der Waals surface area (Å²) in [4.78, 5) is 13.9. The van der Waals surface area contributed by atoms with E-state index in [0.717, 1.165) is 5.69 Å². The standard InChI is InChI=1S/C15H16ClN5O/c16-12-3-1-2-4-13(12)17-15(22)20-7-11(8-20)21-9-14(18-19-21)10-5-6-10/h1-4,9-11H,5-8H2,(H,17,22). The van der Waals surface area contributed by atoms with Gasteiger partial charge in [-0.3, -0.25) is 0 Å². The third-order valence-electron chi connectivity index (χ3n) is 4.16. The average molecular weight is 318 g/mol. The Morgan fingerprint density at radius 3 is 2.77 bits per heavy atom. The normalized spacial score (nSPS) is 18.1. The third-order valence-corrected chi connectivity index (χ3v) is 4.49. The molecule has 6 nitrogen and oxygen atoms in total. The number of likely N-dealkylation sites (tertiary alicyclic amines) is 1. The quantitative estimate of drug-likeness (QED) is 0.946. The van der Waals surface area contributed by atoms with E-state index >= 15 is 0 Å². The molecule has 0 unspecified atom stereocenters. The van der Waals surface area contributed by atoms with Crippen LogP contribution in [0.3, 0.4) is 0 Å². The number of hydrogen-bond acceptors (Lipinski definition) is 3. The number of nitrogens with zero attached hydrogens (tertiary/aromatic N) is 4. The zero-order valence-corrected chi connectivity index (χ0v) is 12.7. The van der Waals surface area contributed by atoms with Gasteiger partial charge in [-0.05, 0) is 25.0 Å². The first-order valence-electron chi connectivity index (χ1n) is 7.43. The van der Waals surface area contributed by atoms with E-state index in [1.807, 2.05) is 23.0 Å². The molecule has 1 aromatic heterocycles. The van der Waals surface area contributed by atoms with Crippen molar-refractivity contribution in [3.63, 3.8) is 0 Å². The summed E-state index contributed by atoms with van der Waals surface area (Å²) >= 11 is 6.04. The Hall–Kier alpha value is -2.08. The van der Waals surface area contributed by atoms with Crippen molar-refractivity contribution in [1.29, 1.82) is 0 Å². The zero-order chi connectivity index (χ0) is 15.1. The van der Waals surface area contributed by atoms with E-state index in [-0.39, 0.29) is 12.1 Å². The Balaban J connectivity index is 1.34. The van der Waals surface area contributed by atoms with Crippen LogP contribution in [-0.4, -0.2) is 39.0 Å². The fourth-order valence-corrected chi connectivity index (χ4v) is 2.76. The molecule has 2 heterocycles. The van der Waals surface area contributed by atoms with Crippen LogP contribution in [0.5, 0.6) is 0 Å². The summed E-state index contributed by atoms with van der Waals surface area (Å²) < 4.78 is 1.88. The molecule has 2 fully saturated rings. The first-order valence-corrected chi connectivity index (χ1v) is 7.80. The number of carbonyl (C=O) groups excluding carboxylic acids is 1. The number of hydrogen-bond donors (Lipinski definition) is 1. The van der Waals surface area contributed by atoms with E-state index in [1.54, 1.807) is 17.0 Å². The molecular formula is C15H16ClN5O. The number of aromatic nitrogens is 3. The van der Waals surface area contributed by atoms with Crippen LogP contribution in [0, 0.1) is 0 Å². The molecule has 1 aliphatic carbocycles. The molecule has 4 rings (SSSR count). The molecule has 1 aromatic carbocycles. The SMILES string of the molecule is O=C(Nc1ccccc1Cl)N1CC(n2cc(C3CC3)nn2)C1. The minimum absolute atomic E-state index is 0.133. The molecule has 0 radical (unpaired) electrons. The van der Waals surface area contributed by atoms with Gasteiger partial charge in [0.2, 0.25) is 0 Å². The van der Waals surface area contributed by atoms with E-state index in [0.29, 0.717) is 29.7 Å². The maximum Gasteiger partial charge on any atom is 0.322 e. The lowest BCUT2D eigenvalue weighted by Crippen LogP contribution is -2.52. The van der Waals surface area contributed by atoms with Crippen LogP contribution in [0.2, 0.25) is 5.02 Å². The monoisotopic (exact) mass is 317 g/mol. The van der Waals surface area contributed by atoms with E-state index < -0.39 is 0 Å². The molecular weight excluding hydrogens is 302 g/mol. The Kier molecular flexibility index (Phi) is 3.26. The molecule has 1 saturated carbocycles. The number of amides is 2. The number of benzene rings is 1. The highest BCUT2D eigenvalue weighted by Gasteiger charge is 2.34. The number of para-hydroxylation sites is 1. The van der Waals surface area contributed by atoms with Crippen molar-refractivity contribution in [3.05, 3.63) is 41.2 Å². The second-order valence-electron chi connectivity index (χ2n) is 5.87. The van der Waals surface area contributed by atoms with Crippen LogP contribution in [0.4, 0.5) is 10.5 Å². The van der Waals surface area contributed by atoms with E-state index in [4.69, 9.17) is 11.6 Å². The Bertz CT molecular complexity index is 705. The van der Waals surface area contributed by atoms with Crippen molar-refractivity contribution >= 4 is 23.3 Å². The molecule has 1 aliphatic heterocycles. The first kappa shape index (κ1) is 13.6. The molecule has 1 N–H and O–H groups in total. The predicted octanol–water partition coefficient (Wildman–Crippen LogP) is 2.90. The van der Waals surface area contributed by atoms with Crippen LogP contribution in [-0.2, 0) is 0 Å². The average Bonchev–Trinajstić information content (AvgIpc) is 3.20. The van der Waals surface area contributed by atoms with Crippen LogP contribution in [0.15, 0.2) is 30.5 Å².